The smallest absolute Gasteiger partial charge is 0.419 e. The van der Waals surface area contributed by atoms with Crippen molar-refractivity contribution >= 4 is 29.1 Å². The van der Waals surface area contributed by atoms with Crippen LogP contribution in [0.4, 0.5) is 9.59 Å². The SMILES string of the molecule is COc1cccc2c1c(C[C@H](NC(=O)OCc1ccccc1)C(=O)O)cn2C(=O)OC(C)(C)C. The maximum absolute atomic E-state index is 12.8. The number of fused-ring (bicyclic) bond motifs is 1. The van der Waals surface area contributed by atoms with Gasteiger partial charge in [0.1, 0.15) is 24.0 Å². The number of carboxylic acid groups (broad SMARTS) is 1. The van der Waals surface area contributed by atoms with Crippen LogP contribution < -0.4 is 10.1 Å². The molecule has 0 fully saturated rings. The Hall–Kier alpha value is -4.01. The lowest BCUT2D eigenvalue weighted by atomic mass is 10.0. The molecule has 3 aromatic rings. The van der Waals surface area contributed by atoms with Crippen LogP contribution in [-0.4, -0.2) is 46.6 Å². The Kier molecular flexibility index (Phi) is 7.45. The fourth-order valence-electron chi connectivity index (χ4n) is 3.45. The minimum Gasteiger partial charge on any atom is -0.496 e. The van der Waals surface area contributed by atoms with Gasteiger partial charge < -0.3 is 24.6 Å². The van der Waals surface area contributed by atoms with E-state index in [2.05, 4.69) is 5.32 Å². The van der Waals surface area contributed by atoms with Gasteiger partial charge in [0.05, 0.1) is 12.6 Å². The van der Waals surface area contributed by atoms with Gasteiger partial charge in [-0.15, -0.1) is 0 Å². The van der Waals surface area contributed by atoms with Crippen molar-refractivity contribution in [3.05, 3.63) is 65.9 Å². The summed E-state index contributed by atoms with van der Waals surface area (Å²) in [4.78, 5) is 37.0. The largest absolute Gasteiger partial charge is 0.496 e. The molecule has 0 saturated heterocycles. The van der Waals surface area contributed by atoms with E-state index in [1.54, 1.807) is 51.1 Å². The molecule has 0 aliphatic rings. The molecule has 180 valence electrons. The van der Waals surface area contributed by atoms with Crippen molar-refractivity contribution in [1.82, 2.24) is 9.88 Å². The molecule has 3 rings (SSSR count). The first-order valence-corrected chi connectivity index (χ1v) is 10.7. The van der Waals surface area contributed by atoms with Gasteiger partial charge >= 0.3 is 18.2 Å². The van der Waals surface area contributed by atoms with Crippen molar-refractivity contribution in [2.75, 3.05) is 7.11 Å². The number of carbonyl (C=O) groups excluding carboxylic acids is 2. The molecule has 9 heteroatoms. The molecular formula is C25H28N2O7. The Bertz CT molecular complexity index is 1180. The summed E-state index contributed by atoms with van der Waals surface area (Å²) < 4.78 is 17.4. The third-order valence-corrected chi connectivity index (χ3v) is 4.91. The minimum atomic E-state index is -1.30. The molecule has 0 unspecified atom stereocenters. The van der Waals surface area contributed by atoms with Crippen molar-refractivity contribution in [2.24, 2.45) is 0 Å². The maximum atomic E-state index is 12.8. The normalized spacial score (nSPS) is 12.1. The van der Waals surface area contributed by atoms with Crippen molar-refractivity contribution in [1.29, 1.82) is 0 Å². The average molecular weight is 469 g/mol. The number of carbonyl (C=O) groups is 3. The van der Waals surface area contributed by atoms with Gasteiger partial charge in [-0.05, 0) is 44.0 Å². The fourth-order valence-corrected chi connectivity index (χ4v) is 3.45. The molecule has 0 bridgehead atoms. The highest BCUT2D eigenvalue weighted by Crippen LogP contribution is 2.32. The lowest BCUT2D eigenvalue weighted by Crippen LogP contribution is -2.42. The van der Waals surface area contributed by atoms with Crippen molar-refractivity contribution < 1.29 is 33.7 Å². The number of alkyl carbamates (subject to hydrolysis) is 1. The highest BCUT2D eigenvalue weighted by molar-refractivity contribution is 5.96. The number of methoxy groups -OCH3 is 1. The topological polar surface area (TPSA) is 116 Å². The second-order valence-corrected chi connectivity index (χ2v) is 8.66. The van der Waals surface area contributed by atoms with E-state index in [0.29, 0.717) is 22.2 Å². The van der Waals surface area contributed by atoms with Gasteiger partial charge in [-0.2, -0.15) is 0 Å². The quantitative estimate of drug-likeness (QED) is 0.529. The van der Waals surface area contributed by atoms with Gasteiger partial charge in [0.15, 0.2) is 0 Å². The summed E-state index contributed by atoms with van der Waals surface area (Å²) in [5.41, 5.74) is 1.04. The summed E-state index contributed by atoms with van der Waals surface area (Å²) in [5.74, 6) is -0.782. The van der Waals surface area contributed by atoms with Crippen LogP contribution in [0.25, 0.3) is 10.9 Å². The zero-order valence-electron chi connectivity index (χ0n) is 19.5. The second kappa shape index (κ2) is 10.3. The number of carboxylic acids is 1. The van der Waals surface area contributed by atoms with Crippen LogP contribution in [0.3, 0.4) is 0 Å². The summed E-state index contributed by atoms with van der Waals surface area (Å²) in [6, 6.07) is 12.9. The fraction of sp³-hybridized carbons (Fsp3) is 0.320. The van der Waals surface area contributed by atoms with E-state index in [0.717, 1.165) is 5.56 Å². The van der Waals surface area contributed by atoms with Crippen molar-refractivity contribution in [3.63, 3.8) is 0 Å². The zero-order chi connectivity index (χ0) is 24.9. The number of nitrogens with one attached hydrogen (secondary N) is 1. The van der Waals surface area contributed by atoms with Gasteiger partial charge in [-0.1, -0.05) is 36.4 Å². The first-order chi connectivity index (χ1) is 16.1. The Morgan fingerprint density at radius 2 is 1.76 bits per heavy atom. The molecular weight excluding hydrogens is 440 g/mol. The average Bonchev–Trinajstić information content (AvgIpc) is 3.15. The van der Waals surface area contributed by atoms with Crippen molar-refractivity contribution in [2.45, 2.75) is 45.4 Å². The Morgan fingerprint density at radius 3 is 2.38 bits per heavy atom. The summed E-state index contributed by atoms with van der Waals surface area (Å²) >= 11 is 0. The molecule has 0 spiro atoms. The molecule has 0 radical (unpaired) electrons. The first kappa shape index (κ1) is 24.6. The predicted molar refractivity (Wildman–Crippen MR) is 125 cm³/mol. The number of hydrogen-bond donors (Lipinski definition) is 2. The molecule has 0 aliphatic heterocycles. The molecule has 0 aliphatic carbocycles. The van der Waals surface area contributed by atoms with Crippen LogP contribution in [-0.2, 0) is 27.3 Å². The molecule has 0 saturated carbocycles. The van der Waals surface area contributed by atoms with Crippen LogP contribution in [0.1, 0.15) is 31.9 Å². The molecule has 1 aromatic heterocycles. The maximum Gasteiger partial charge on any atom is 0.419 e. The van der Waals surface area contributed by atoms with Gasteiger partial charge in [0.2, 0.25) is 0 Å². The number of hydrogen-bond acceptors (Lipinski definition) is 6. The lowest BCUT2D eigenvalue weighted by Gasteiger charge is -2.19. The monoisotopic (exact) mass is 468 g/mol. The Balaban J connectivity index is 1.86. The van der Waals surface area contributed by atoms with E-state index in [4.69, 9.17) is 14.2 Å². The van der Waals surface area contributed by atoms with Crippen molar-refractivity contribution in [3.8, 4) is 5.75 Å². The Labute approximate surface area is 197 Å². The molecule has 2 N–H and O–H groups in total. The van der Waals surface area contributed by atoms with E-state index in [1.165, 1.54) is 17.9 Å². The second-order valence-electron chi connectivity index (χ2n) is 8.66. The lowest BCUT2D eigenvalue weighted by molar-refractivity contribution is -0.139. The number of amides is 1. The summed E-state index contributed by atoms with van der Waals surface area (Å²) in [6.45, 7) is 5.27. The Morgan fingerprint density at radius 1 is 1.06 bits per heavy atom. The number of benzene rings is 2. The summed E-state index contributed by atoms with van der Waals surface area (Å²) in [7, 11) is 1.48. The number of aromatic nitrogens is 1. The molecule has 1 heterocycles. The van der Waals surface area contributed by atoms with Crippen LogP contribution in [0, 0.1) is 0 Å². The van der Waals surface area contributed by atoms with E-state index < -0.39 is 29.8 Å². The number of nitrogens with zero attached hydrogens (tertiary/aromatic N) is 1. The van der Waals surface area contributed by atoms with Gasteiger partial charge in [0.25, 0.3) is 0 Å². The standard InChI is InChI=1S/C25H28N2O7/c1-25(2,3)34-24(31)27-14-17(21-19(27)11-8-12-20(21)32-4)13-18(22(28)29)26-23(30)33-15-16-9-6-5-7-10-16/h5-12,14,18H,13,15H2,1-4H3,(H,26,30)(H,28,29)/t18-/m0/s1. The molecule has 2 aromatic carbocycles. The van der Waals surface area contributed by atoms with Crippen LogP contribution in [0.15, 0.2) is 54.7 Å². The van der Waals surface area contributed by atoms with Gasteiger partial charge in [-0.3, -0.25) is 4.57 Å². The zero-order valence-corrected chi connectivity index (χ0v) is 19.5. The third-order valence-electron chi connectivity index (χ3n) is 4.91. The van der Waals surface area contributed by atoms with Gasteiger partial charge in [0, 0.05) is 18.0 Å². The summed E-state index contributed by atoms with van der Waals surface area (Å²) in [5, 5.41) is 12.7. The highest BCUT2D eigenvalue weighted by Gasteiger charge is 2.27. The number of ether oxygens (including phenoxy) is 3. The van der Waals surface area contributed by atoms with E-state index in [9.17, 15) is 19.5 Å². The number of aliphatic carboxylic acids is 1. The summed E-state index contributed by atoms with van der Waals surface area (Å²) in [6.07, 6.45) is -0.0745. The number of rotatable bonds is 7. The van der Waals surface area contributed by atoms with Crippen LogP contribution in [0.5, 0.6) is 5.75 Å². The molecule has 1 atom stereocenters. The third kappa shape index (κ3) is 6.06. The molecule has 1 amide bonds. The molecule has 34 heavy (non-hydrogen) atoms. The van der Waals surface area contributed by atoms with E-state index in [1.807, 2.05) is 18.2 Å². The van der Waals surface area contributed by atoms with E-state index >= 15 is 0 Å². The molecule has 9 nitrogen and oxygen atoms in total. The van der Waals surface area contributed by atoms with E-state index in [-0.39, 0.29) is 13.0 Å². The van der Waals surface area contributed by atoms with Crippen LogP contribution >= 0.6 is 0 Å². The van der Waals surface area contributed by atoms with Crippen LogP contribution in [0.2, 0.25) is 0 Å². The minimum absolute atomic E-state index is 0.00475. The van der Waals surface area contributed by atoms with Gasteiger partial charge in [-0.25, -0.2) is 14.4 Å². The first-order valence-electron chi connectivity index (χ1n) is 10.7. The predicted octanol–water partition coefficient (Wildman–Crippen LogP) is 4.36. The highest BCUT2D eigenvalue weighted by atomic mass is 16.6.